The highest BCUT2D eigenvalue weighted by molar-refractivity contribution is 7.25. The second-order valence-electron chi connectivity index (χ2n) is 4.67. The Morgan fingerprint density at radius 2 is 2.20 bits per heavy atom. The van der Waals surface area contributed by atoms with Gasteiger partial charge in [0, 0.05) is 16.6 Å². The number of hydrogen-bond acceptors (Lipinski definition) is 5. The molecule has 2 aromatic heterocycles. The van der Waals surface area contributed by atoms with Crippen LogP contribution in [-0.2, 0) is 0 Å². The van der Waals surface area contributed by atoms with Crippen LogP contribution in [0, 0.1) is 0 Å². The lowest BCUT2D eigenvalue weighted by Crippen LogP contribution is -2.30. The molecule has 6 heteroatoms. The summed E-state index contributed by atoms with van der Waals surface area (Å²) in [6, 6.07) is 7.89. The van der Waals surface area contributed by atoms with E-state index in [-0.39, 0.29) is 5.56 Å². The molecular formula is C14H16N4OS. The number of unbranched alkanes of at least 4 members (excludes halogenated alkanes) is 1. The highest BCUT2D eigenvalue weighted by Crippen LogP contribution is 2.30. The average Bonchev–Trinajstić information content (AvgIpc) is 2.83. The van der Waals surface area contributed by atoms with Gasteiger partial charge in [-0.05, 0) is 12.5 Å². The van der Waals surface area contributed by atoms with Crippen molar-refractivity contribution in [1.29, 1.82) is 0 Å². The third-order valence-corrected chi connectivity index (χ3v) is 4.39. The Morgan fingerprint density at radius 3 is 3.00 bits per heavy atom. The van der Waals surface area contributed by atoms with Gasteiger partial charge in [0.1, 0.15) is 4.70 Å². The van der Waals surface area contributed by atoms with Gasteiger partial charge in [-0.2, -0.15) is 4.68 Å². The summed E-state index contributed by atoms with van der Waals surface area (Å²) in [7, 11) is 0. The minimum absolute atomic E-state index is 0.199. The van der Waals surface area contributed by atoms with E-state index < -0.39 is 0 Å². The van der Waals surface area contributed by atoms with Crippen LogP contribution < -0.4 is 16.7 Å². The first kappa shape index (κ1) is 12.9. The first-order chi connectivity index (χ1) is 9.72. The summed E-state index contributed by atoms with van der Waals surface area (Å²) in [5.74, 6) is 6.27. The van der Waals surface area contributed by atoms with E-state index in [9.17, 15) is 4.79 Å². The number of rotatable bonds is 4. The highest BCUT2D eigenvalue weighted by atomic mass is 32.1. The molecule has 1 aromatic carbocycles. The first-order valence-electron chi connectivity index (χ1n) is 6.65. The molecule has 3 aromatic rings. The summed E-state index contributed by atoms with van der Waals surface area (Å²) in [6.07, 6.45) is 2.09. The third kappa shape index (κ3) is 2.02. The number of nitrogens with one attached hydrogen (secondary N) is 1. The summed E-state index contributed by atoms with van der Waals surface area (Å²) in [6.45, 7) is 2.87. The molecule has 20 heavy (non-hydrogen) atoms. The molecule has 0 radical (unpaired) electrons. The summed E-state index contributed by atoms with van der Waals surface area (Å²) in [4.78, 5) is 16.9. The van der Waals surface area contributed by atoms with Gasteiger partial charge in [0.25, 0.3) is 5.56 Å². The lowest BCUT2D eigenvalue weighted by Gasteiger charge is -2.08. The van der Waals surface area contributed by atoms with Crippen LogP contribution in [0.2, 0.25) is 0 Å². The minimum atomic E-state index is -0.199. The molecule has 0 amide bonds. The first-order valence-corrected chi connectivity index (χ1v) is 7.47. The lowest BCUT2D eigenvalue weighted by molar-refractivity contribution is 0.811. The molecule has 104 valence electrons. The maximum absolute atomic E-state index is 12.3. The zero-order valence-corrected chi connectivity index (χ0v) is 12.0. The number of benzene rings is 1. The lowest BCUT2D eigenvalue weighted by atomic mass is 10.2. The van der Waals surface area contributed by atoms with E-state index in [1.165, 1.54) is 11.3 Å². The molecular weight excluding hydrogens is 272 g/mol. The van der Waals surface area contributed by atoms with E-state index in [0.29, 0.717) is 10.6 Å². The van der Waals surface area contributed by atoms with Crippen LogP contribution in [0.3, 0.4) is 0 Å². The second kappa shape index (κ2) is 5.13. The molecule has 0 saturated heterocycles. The molecule has 3 rings (SSSR count). The molecule has 0 saturated carbocycles. The molecule has 3 N–H and O–H groups in total. The topological polar surface area (TPSA) is 72.9 Å². The average molecular weight is 288 g/mol. The maximum Gasteiger partial charge on any atom is 0.291 e. The van der Waals surface area contributed by atoms with Gasteiger partial charge in [-0.1, -0.05) is 31.5 Å². The van der Waals surface area contributed by atoms with Gasteiger partial charge >= 0.3 is 0 Å². The van der Waals surface area contributed by atoms with Crippen LogP contribution in [0.5, 0.6) is 0 Å². The molecule has 5 nitrogen and oxygen atoms in total. The van der Waals surface area contributed by atoms with Gasteiger partial charge in [-0.25, -0.2) is 4.98 Å². The van der Waals surface area contributed by atoms with Crippen molar-refractivity contribution >= 4 is 37.6 Å². The number of nitrogens with zero attached hydrogens (tertiary/aromatic N) is 2. The standard InChI is InChI=1S/C14H16N4OS/c1-2-3-8-16-14-17-11-9-6-4-5-7-10(9)20-12(11)13(19)18(14)15/h4-7H,2-3,8,15H2,1H3,(H,16,17). The molecule has 0 spiro atoms. The zero-order valence-electron chi connectivity index (χ0n) is 11.2. The number of anilines is 1. The van der Waals surface area contributed by atoms with E-state index in [1.54, 1.807) is 0 Å². The largest absolute Gasteiger partial charge is 0.354 e. The Labute approximate surface area is 120 Å². The van der Waals surface area contributed by atoms with Crippen molar-refractivity contribution in [2.24, 2.45) is 0 Å². The fourth-order valence-electron chi connectivity index (χ4n) is 2.15. The quantitative estimate of drug-likeness (QED) is 0.571. The predicted octanol–water partition coefficient (Wildman–Crippen LogP) is 2.54. The molecule has 0 atom stereocenters. The Kier molecular flexibility index (Phi) is 3.31. The third-order valence-electron chi connectivity index (χ3n) is 3.24. The van der Waals surface area contributed by atoms with Crippen molar-refractivity contribution in [3.05, 3.63) is 34.6 Å². The predicted molar refractivity (Wildman–Crippen MR) is 84.9 cm³/mol. The number of nitrogen functional groups attached to an aromatic ring is 1. The Bertz CT molecular complexity index is 821. The van der Waals surface area contributed by atoms with Crippen LogP contribution >= 0.6 is 11.3 Å². The monoisotopic (exact) mass is 288 g/mol. The fraction of sp³-hybridized carbons (Fsp3) is 0.286. The smallest absolute Gasteiger partial charge is 0.291 e. The number of fused-ring (bicyclic) bond motifs is 3. The van der Waals surface area contributed by atoms with E-state index in [2.05, 4.69) is 17.2 Å². The van der Waals surface area contributed by atoms with Crippen LogP contribution in [0.4, 0.5) is 5.95 Å². The van der Waals surface area contributed by atoms with Gasteiger partial charge in [0.15, 0.2) is 0 Å². The highest BCUT2D eigenvalue weighted by Gasteiger charge is 2.13. The summed E-state index contributed by atoms with van der Waals surface area (Å²) < 4.78 is 2.76. The summed E-state index contributed by atoms with van der Waals surface area (Å²) >= 11 is 1.44. The van der Waals surface area contributed by atoms with Crippen LogP contribution in [0.15, 0.2) is 29.1 Å². The normalized spacial score (nSPS) is 11.2. The SMILES string of the molecule is CCCCNc1nc2c(sc3ccccc32)c(=O)n1N. The van der Waals surface area contributed by atoms with Crippen molar-refractivity contribution in [2.45, 2.75) is 19.8 Å². The second-order valence-corrected chi connectivity index (χ2v) is 5.72. The van der Waals surface area contributed by atoms with E-state index >= 15 is 0 Å². The van der Waals surface area contributed by atoms with E-state index in [1.807, 2.05) is 24.3 Å². The molecule has 0 aliphatic carbocycles. The number of aromatic nitrogens is 2. The van der Waals surface area contributed by atoms with Gasteiger partial charge < -0.3 is 11.2 Å². The maximum atomic E-state index is 12.3. The van der Waals surface area contributed by atoms with Crippen LogP contribution in [0.25, 0.3) is 20.3 Å². The van der Waals surface area contributed by atoms with Gasteiger partial charge in [0.05, 0.1) is 5.52 Å². The van der Waals surface area contributed by atoms with Gasteiger partial charge in [-0.3, -0.25) is 4.79 Å². The van der Waals surface area contributed by atoms with Crippen LogP contribution in [-0.4, -0.2) is 16.2 Å². The summed E-state index contributed by atoms with van der Waals surface area (Å²) in [5, 5.41) is 4.14. The van der Waals surface area contributed by atoms with Gasteiger partial charge in [-0.15, -0.1) is 11.3 Å². The van der Waals surface area contributed by atoms with E-state index in [4.69, 9.17) is 5.84 Å². The van der Waals surface area contributed by atoms with E-state index in [0.717, 1.165) is 39.7 Å². The minimum Gasteiger partial charge on any atom is -0.354 e. The molecule has 0 bridgehead atoms. The van der Waals surface area contributed by atoms with Crippen LogP contribution in [0.1, 0.15) is 19.8 Å². The zero-order chi connectivity index (χ0) is 14.1. The fourth-order valence-corrected chi connectivity index (χ4v) is 3.23. The molecule has 0 aliphatic heterocycles. The van der Waals surface area contributed by atoms with Crippen molar-refractivity contribution in [3.63, 3.8) is 0 Å². The molecule has 0 fully saturated rings. The van der Waals surface area contributed by atoms with Crippen molar-refractivity contribution in [1.82, 2.24) is 9.66 Å². The molecule has 0 aliphatic rings. The Balaban J connectivity index is 2.20. The molecule has 2 heterocycles. The Hall–Kier alpha value is -2.08. The van der Waals surface area contributed by atoms with Crippen molar-refractivity contribution in [3.8, 4) is 0 Å². The van der Waals surface area contributed by atoms with Gasteiger partial charge in [0.2, 0.25) is 5.95 Å². The number of nitrogens with two attached hydrogens (primary N) is 1. The number of hydrogen-bond donors (Lipinski definition) is 2. The Morgan fingerprint density at radius 1 is 1.40 bits per heavy atom. The van der Waals surface area contributed by atoms with Crippen molar-refractivity contribution < 1.29 is 0 Å². The van der Waals surface area contributed by atoms with Crippen molar-refractivity contribution in [2.75, 3.05) is 17.7 Å². The molecule has 0 unspecified atom stereocenters. The number of thiophene rings is 1. The summed E-state index contributed by atoms with van der Waals surface area (Å²) in [5.41, 5.74) is 0.534.